The lowest BCUT2D eigenvalue weighted by atomic mass is 9.95. The zero-order chi connectivity index (χ0) is 16.1. The number of fused-ring (bicyclic) bond motifs is 1. The van der Waals surface area contributed by atoms with Gasteiger partial charge in [-0.25, -0.2) is 9.78 Å². The lowest BCUT2D eigenvalue weighted by molar-refractivity contribution is 0.174. The minimum atomic E-state index is -0.506. The molecule has 0 aliphatic carbocycles. The minimum Gasteiger partial charge on any atom is -0.445 e. The topological polar surface area (TPSA) is 79.0 Å². The zero-order valence-electron chi connectivity index (χ0n) is 13.0. The van der Waals surface area contributed by atoms with Gasteiger partial charge in [-0.1, -0.05) is 18.2 Å². The van der Waals surface area contributed by atoms with Crippen molar-refractivity contribution in [3.05, 3.63) is 48.3 Å². The monoisotopic (exact) mass is 312 g/mol. The van der Waals surface area contributed by atoms with E-state index in [9.17, 15) is 4.79 Å². The second kappa shape index (κ2) is 7.00. The molecule has 2 aromatic heterocycles. The van der Waals surface area contributed by atoms with E-state index < -0.39 is 6.09 Å². The Morgan fingerprint density at radius 2 is 2.43 bits per heavy atom. The van der Waals surface area contributed by atoms with Gasteiger partial charge in [-0.3, -0.25) is 5.32 Å². The summed E-state index contributed by atoms with van der Waals surface area (Å²) in [5, 5.41) is 5.86. The number of rotatable bonds is 4. The maximum absolute atomic E-state index is 11.7. The number of pyridine rings is 1. The van der Waals surface area contributed by atoms with E-state index in [4.69, 9.17) is 4.74 Å². The molecular weight excluding hydrogens is 292 g/mol. The van der Waals surface area contributed by atoms with E-state index in [1.807, 2.05) is 31.5 Å². The highest BCUT2D eigenvalue weighted by Crippen LogP contribution is 2.29. The second-order valence-corrected chi connectivity index (χ2v) is 5.34. The summed E-state index contributed by atoms with van der Waals surface area (Å²) in [6, 6.07) is 3.68. The first-order valence-electron chi connectivity index (χ1n) is 7.71. The Morgan fingerprint density at radius 1 is 1.52 bits per heavy atom. The Balaban J connectivity index is 1.79. The fraction of sp³-hybridized carbons (Fsp3) is 0.294. The molecule has 23 heavy (non-hydrogen) atoms. The standard InChI is InChI=1S/C17H20N4O2/c1-2-3-10-23-17(22)21-15-5-4-14-16(20-15)13(11-19-14)12-6-8-18-9-7-12/h2-6,8,11-12,18-19H,7,9-10H2,1H3,(H,20,21,22). The number of nitrogens with one attached hydrogen (secondary N) is 3. The summed E-state index contributed by atoms with van der Waals surface area (Å²) in [7, 11) is 0. The van der Waals surface area contributed by atoms with E-state index in [2.05, 4.69) is 26.7 Å². The second-order valence-electron chi connectivity index (χ2n) is 5.34. The van der Waals surface area contributed by atoms with Gasteiger partial charge in [0.2, 0.25) is 0 Å². The predicted molar refractivity (Wildman–Crippen MR) is 90.4 cm³/mol. The summed E-state index contributed by atoms with van der Waals surface area (Å²) < 4.78 is 5.02. The van der Waals surface area contributed by atoms with E-state index in [1.165, 1.54) is 0 Å². The molecule has 2 aromatic rings. The number of carbonyl (C=O) groups excluding carboxylic acids is 1. The molecule has 6 nitrogen and oxygen atoms in total. The molecular formula is C17H20N4O2. The number of amides is 1. The van der Waals surface area contributed by atoms with Gasteiger partial charge in [0.05, 0.1) is 11.0 Å². The molecule has 3 heterocycles. The van der Waals surface area contributed by atoms with Crippen molar-refractivity contribution >= 4 is 22.9 Å². The van der Waals surface area contributed by atoms with Crippen molar-refractivity contribution in [1.29, 1.82) is 0 Å². The van der Waals surface area contributed by atoms with Gasteiger partial charge in [-0.05, 0) is 31.7 Å². The third kappa shape index (κ3) is 3.53. The molecule has 0 fully saturated rings. The van der Waals surface area contributed by atoms with Crippen LogP contribution in [0.3, 0.4) is 0 Å². The number of allylic oxidation sites excluding steroid dienone is 2. The van der Waals surface area contributed by atoms with Crippen molar-refractivity contribution in [2.24, 2.45) is 0 Å². The smallest absolute Gasteiger partial charge is 0.413 e. The van der Waals surface area contributed by atoms with Crippen molar-refractivity contribution in [2.45, 2.75) is 19.3 Å². The molecule has 3 N–H and O–H groups in total. The third-order valence-corrected chi connectivity index (χ3v) is 3.77. The average molecular weight is 312 g/mol. The van der Waals surface area contributed by atoms with Crippen molar-refractivity contribution in [2.75, 3.05) is 18.5 Å². The van der Waals surface area contributed by atoms with Gasteiger partial charge in [0, 0.05) is 24.2 Å². The molecule has 3 rings (SSSR count). The van der Waals surface area contributed by atoms with Crippen LogP contribution >= 0.6 is 0 Å². The number of hydrogen-bond donors (Lipinski definition) is 3. The predicted octanol–water partition coefficient (Wildman–Crippen LogP) is 3.28. The maximum Gasteiger partial charge on any atom is 0.413 e. The molecule has 0 radical (unpaired) electrons. The van der Waals surface area contributed by atoms with E-state index in [1.54, 1.807) is 12.1 Å². The summed E-state index contributed by atoms with van der Waals surface area (Å²) in [4.78, 5) is 19.5. The molecule has 0 saturated heterocycles. The Morgan fingerprint density at radius 3 is 3.22 bits per heavy atom. The fourth-order valence-electron chi connectivity index (χ4n) is 2.59. The first kappa shape index (κ1) is 15.1. The number of carbonyl (C=O) groups is 1. The number of hydrogen-bond acceptors (Lipinski definition) is 4. The van der Waals surface area contributed by atoms with E-state index >= 15 is 0 Å². The molecule has 0 spiro atoms. The van der Waals surface area contributed by atoms with Gasteiger partial charge in [-0.15, -0.1) is 0 Å². The van der Waals surface area contributed by atoms with Crippen LogP contribution in [0.2, 0.25) is 0 Å². The van der Waals surface area contributed by atoms with Crippen molar-refractivity contribution in [3.63, 3.8) is 0 Å². The maximum atomic E-state index is 11.7. The van der Waals surface area contributed by atoms with Crippen LogP contribution in [0.4, 0.5) is 10.6 Å². The van der Waals surface area contributed by atoms with Crippen LogP contribution in [0, 0.1) is 0 Å². The van der Waals surface area contributed by atoms with Crippen LogP contribution in [-0.2, 0) is 4.74 Å². The molecule has 120 valence electrons. The normalized spacial score (nSPS) is 17.3. The molecule has 1 aliphatic heterocycles. The summed E-state index contributed by atoms with van der Waals surface area (Å²) >= 11 is 0. The molecule has 6 heteroatoms. The summed E-state index contributed by atoms with van der Waals surface area (Å²) in [5.74, 6) is 0.816. The highest BCUT2D eigenvalue weighted by molar-refractivity contribution is 5.87. The molecule has 0 bridgehead atoms. The van der Waals surface area contributed by atoms with Crippen molar-refractivity contribution in [1.82, 2.24) is 15.3 Å². The highest BCUT2D eigenvalue weighted by atomic mass is 16.5. The molecule has 0 aromatic carbocycles. The van der Waals surface area contributed by atoms with Crippen LogP contribution in [0.25, 0.3) is 11.0 Å². The number of aromatic amines is 1. The number of nitrogens with zero attached hydrogens (tertiary/aromatic N) is 1. The van der Waals surface area contributed by atoms with Crippen LogP contribution in [0.1, 0.15) is 24.8 Å². The largest absolute Gasteiger partial charge is 0.445 e. The summed E-state index contributed by atoms with van der Waals surface area (Å²) in [5.41, 5.74) is 2.98. The quantitative estimate of drug-likeness (QED) is 0.757. The highest BCUT2D eigenvalue weighted by Gasteiger charge is 2.17. The number of anilines is 1. The van der Waals surface area contributed by atoms with Crippen molar-refractivity contribution in [3.8, 4) is 0 Å². The lowest BCUT2D eigenvalue weighted by Gasteiger charge is -2.16. The van der Waals surface area contributed by atoms with Gasteiger partial charge in [0.1, 0.15) is 12.4 Å². The van der Waals surface area contributed by atoms with Crippen LogP contribution in [0.5, 0.6) is 0 Å². The lowest BCUT2D eigenvalue weighted by Crippen LogP contribution is -2.16. The first-order chi connectivity index (χ1) is 11.3. The van der Waals surface area contributed by atoms with Gasteiger partial charge < -0.3 is 15.0 Å². The van der Waals surface area contributed by atoms with Crippen LogP contribution in [0.15, 0.2) is 42.8 Å². The number of ether oxygens (including phenoxy) is 1. The Bertz CT molecular complexity index is 748. The minimum absolute atomic E-state index is 0.250. The average Bonchev–Trinajstić information content (AvgIpc) is 2.99. The molecule has 0 saturated carbocycles. The van der Waals surface area contributed by atoms with Crippen LogP contribution in [-0.4, -0.2) is 29.2 Å². The fourth-order valence-corrected chi connectivity index (χ4v) is 2.59. The SMILES string of the molecule is CC=CCOC(=O)Nc1ccc2[nH]cc(C3C=CNCC3)c2n1. The van der Waals surface area contributed by atoms with Gasteiger partial charge in [0.15, 0.2) is 0 Å². The Labute approximate surface area is 134 Å². The Hall–Kier alpha value is -2.76. The first-order valence-corrected chi connectivity index (χ1v) is 7.71. The summed E-state index contributed by atoms with van der Waals surface area (Å²) in [6.07, 6.45) is 10.2. The van der Waals surface area contributed by atoms with E-state index in [0.29, 0.717) is 11.7 Å². The van der Waals surface area contributed by atoms with E-state index in [0.717, 1.165) is 29.6 Å². The van der Waals surface area contributed by atoms with Crippen molar-refractivity contribution < 1.29 is 9.53 Å². The molecule has 1 aliphatic rings. The van der Waals surface area contributed by atoms with Crippen LogP contribution < -0.4 is 10.6 Å². The third-order valence-electron chi connectivity index (χ3n) is 3.77. The zero-order valence-corrected chi connectivity index (χ0v) is 13.0. The Kier molecular flexibility index (Phi) is 4.61. The summed E-state index contributed by atoms with van der Waals surface area (Å²) in [6.45, 7) is 3.07. The van der Waals surface area contributed by atoms with Gasteiger partial charge >= 0.3 is 6.09 Å². The van der Waals surface area contributed by atoms with Gasteiger partial charge in [-0.2, -0.15) is 0 Å². The number of H-pyrrole nitrogens is 1. The number of aromatic nitrogens is 2. The molecule has 1 unspecified atom stereocenters. The van der Waals surface area contributed by atoms with E-state index in [-0.39, 0.29) is 6.61 Å². The molecule has 1 atom stereocenters. The van der Waals surface area contributed by atoms with Gasteiger partial charge in [0.25, 0.3) is 0 Å². The molecule has 1 amide bonds.